The second kappa shape index (κ2) is 1.92. The van der Waals surface area contributed by atoms with Crippen molar-refractivity contribution in [2.24, 2.45) is 0 Å². The number of nitrogen functional groups attached to an aromatic ring is 1. The molecule has 0 aromatic carbocycles. The number of aryl methyl sites for hydroxylation is 1. The number of anilines is 1. The van der Waals surface area contributed by atoms with Crippen LogP contribution in [0.2, 0.25) is 0 Å². The van der Waals surface area contributed by atoms with E-state index in [0.29, 0.717) is 5.58 Å². The van der Waals surface area contributed by atoms with Gasteiger partial charge in [-0.15, -0.1) is 11.3 Å². The van der Waals surface area contributed by atoms with E-state index in [1.165, 1.54) is 11.3 Å². The van der Waals surface area contributed by atoms with E-state index in [0.717, 1.165) is 15.3 Å². The number of rotatable bonds is 0. The summed E-state index contributed by atoms with van der Waals surface area (Å²) in [6.07, 6.45) is 0. The highest BCUT2D eigenvalue weighted by atomic mass is 32.1. The Bertz CT molecular complexity index is 402. The fourth-order valence-electron chi connectivity index (χ4n) is 1.01. The molecular weight excluding hydrogens is 162 g/mol. The Balaban J connectivity index is 2.88. The van der Waals surface area contributed by atoms with Gasteiger partial charge in [-0.25, -0.2) is 0 Å². The Kier molecular flexibility index (Phi) is 1.14. The number of furan rings is 1. The van der Waals surface area contributed by atoms with Crippen molar-refractivity contribution < 1.29 is 9.52 Å². The molecule has 0 amide bonds. The molecule has 3 nitrogen and oxygen atoms in total. The van der Waals surface area contributed by atoms with Gasteiger partial charge in [0.1, 0.15) is 0 Å². The number of hydrogen-bond acceptors (Lipinski definition) is 4. The van der Waals surface area contributed by atoms with Crippen LogP contribution < -0.4 is 5.73 Å². The SMILES string of the molecule is Cc1c(N)sc2cc(O)oc12. The first kappa shape index (κ1) is 6.54. The van der Waals surface area contributed by atoms with Crippen LogP contribution in [0.15, 0.2) is 10.5 Å². The molecule has 0 aliphatic carbocycles. The maximum absolute atomic E-state index is 8.96. The molecular formula is C7H7NO2S. The van der Waals surface area contributed by atoms with Crippen molar-refractivity contribution in [2.45, 2.75) is 6.92 Å². The average Bonchev–Trinajstić information content (AvgIpc) is 2.37. The van der Waals surface area contributed by atoms with Crippen LogP contribution in [0, 0.1) is 6.92 Å². The van der Waals surface area contributed by atoms with Crippen molar-refractivity contribution in [3.8, 4) is 5.95 Å². The summed E-state index contributed by atoms with van der Waals surface area (Å²) >= 11 is 1.42. The van der Waals surface area contributed by atoms with Gasteiger partial charge in [0.15, 0.2) is 5.58 Å². The molecule has 0 atom stereocenters. The van der Waals surface area contributed by atoms with Crippen LogP contribution in [-0.2, 0) is 0 Å². The lowest BCUT2D eigenvalue weighted by atomic mass is 10.3. The molecule has 2 rings (SSSR count). The Hall–Kier alpha value is -1.16. The summed E-state index contributed by atoms with van der Waals surface area (Å²) in [5.74, 6) is -0.0469. The lowest BCUT2D eigenvalue weighted by Crippen LogP contribution is -1.79. The first-order valence-corrected chi connectivity index (χ1v) is 3.97. The molecule has 2 aromatic heterocycles. The summed E-state index contributed by atoms with van der Waals surface area (Å²) in [5.41, 5.74) is 7.23. The summed E-state index contributed by atoms with van der Waals surface area (Å²) in [4.78, 5) is 0. The molecule has 4 heteroatoms. The van der Waals surface area contributed by atoms with E-state index in [4.69, 9.17) is 15.3 Å². The molecule has 0 bridgehead atoms. The second-order valence-corrected chi connectivity index (χ2v) is 3.45. The summed E-state index contributed by atoms with van der Waals surface area (Å²) < 4.78 is 5.91. The largest absolute Gasteiger partial charge is 0.481 e. The molecule has 2 aromatic rings. The third-order valence-corrected chi connectivity index (χ3v) is 2.66. The Labute approximate surface area is 67.0 Å². The molecule has 0 aliphatic heterocycles. The molecule has 2 heterocycles. The van der Waals surface area contributed by atoms with Crippen LogP contribution >= 0.6 is 11.3 Å². The number of hydrogen-bond donors (Lipinski definition) is 2. The van der Waals surface area contributed by atoms with Crippen LogP contribution in [0.1, 0.15) is 5.56 Å². The molecule has 0 aliphatic rings. The van der Waals surface area contributed by atoms with Crippen LogP contribution in [0.4, 0.5) is 5.00 Å². The molecule has 11 heavy (non-hydrogen) atoms. The van der Waals surface area contributed by atoms with Gasteiger partial charge in [-0.1, -0.05) is 0 Å². The normalized spacial score (nSPS) is 11.0. The predicted octanol–water partition coefficient (Wildman–Crippen LogP) is 2.09. The minimum atomic E-state index is -0.0469. The standard InChI is InChI=1S/C7H7NO2S/c1-3-6-4(11-7(3)8)2-5(9)10-6/h2,9H,8H2,1H3. The maximum atomic E-state index is 8.96. The average molecular weight is 169 g/mol. The van der Waals surface area contributed by atoms with Crippen molar-refractivity contribution in [1.29, 1.82) is 0 Å². The monoisotopic (exact) mass is 169 g/mol. The smallest absolute Gasteiger partial charge is 0.283 e. The van der Waals surface area contributed by atoms with Crippen LogP contribution in [0.3, 0.4) is 0 Å². The van der Waals surface area contributed by atoms with Crippen molar-refractivity contribution in [1.82, 2.24) is 0 Å². The number of nitrogens with two attached hydrogens (primary N) is 1. The molecule has 58 valence electrons. The Morgan fingerprint density at radius 2 is 2.36 bits per heavy atom. The van der Waals surface area contributed by atoms with Gasteiger partial charge in [-0.05, 0) is 6.92 Å². The van der Waals surface area contributed by atoms with Gasteiger partial charge in [-0.3, -0.25) is 0 Å². The van der Waals surface area contributed by atoms with E-state index in [1.54, 1.807) is 6.07 Å². The minimum Gasteiger partial charge on any atom is -0.481 e. The lowest BCUT2D eigenvalue weighted by Gasteiger charge is -1.85. The number of fused-ring (bicyclic) bond motifs is 1. The molecule has 0 fully saturated rings. The highest BCUT2D eigenvalue weighted by Gasteiger charge is 2.10. The second-order valence-electron chi connectivity index (χ2n) is 2.37. The first-order chi connectivity index (χ1) is 5.18. The summed E-state index contributed by atoms with van der Waals surface area (Å²) in [6.45, 7) is 1.87. The van der Waals surface area contributed by atoms with E-state index >= 15 is 0 Å². The fraction of sp³-hybridized carbons (Fsp3) is 0.143. The molecule has 0 saturated heterocycles. The van der Waals surface area contributed by atoms with Gasteiger partial charge in [0.2, 0.25) is 0 Å². The van der Waals surface area contributed by atoms with E-state index in [-0.39, 0.29) is 5.95 Å². The third-order valence-electron chi connectivity index (χ3n) is 1.62. The van der Waals surface area contributed by atoms with Gasteiger partial charge in [0.05, 0.1) is 9.70 Å². The van der Waals surface area contributed by atoms with E-state index in [9.17, 15) is 0 Å². The van der Waals surface area contributed by atoms with Crippen LogP contribution in [0.5, 0.6) is 5.95 Å². The summed E-state index contributed by atoms with van der Waals surface area (Å²) in [6, 6.07) is 1.57. The highest BCUT2D eigenvalue weighted by molar-refractivity contribution is 7.22. The zero-order valence-electron chi connectivity index (χ0n) is 5.92. The maximum Gasteiger partial charge on any atom is 0.283 e. The first-order valence-electron chi connectivity index (χ1n) is 3.16. The van der Waals surface area contributed by atoms with E-state index < -0.39 is 0 Å². The zero-order chi connectivity index (χ0) is 8.01. The van der Waals surface area contributed by atoms with Crippen molar-refractivity contribution >= 4 is 26.6 Å². The van der Waals surface area contributed by atoms with Crippen molar-refractivity contribution in [3.05, 3.63) is 11.6 Å². The highest BCUT2D eigenvalue weighted by Crippen LogP contribution is 2.36. The topological polar surface area (TPSA) is 59.4 Å². The number of aromatic hydroxyl groups is 1. The molecule has 0 spiro atoms. The summed E-state index contributed by atoms with van der Waals surface area (Å²) in [7, 11) is 0. The van der Waals surface area contributed by atoms with E-state index in [1.807, 2.05) is 6.92 Å². The van der Waals surface area contributed by atoms with Gasteiger partial charge >= 0.3 is 0 Å². The van der Waals surface area contributed by atoms with Gasteiger partial charge in [-0.2, -0.15) is 0 Å². The quantitative estimate of drug-likeness (QED) is 0.634. The minimum absolute atomic E-state index is 0.0469. The zero-order valence-corrected chi connectivity index (χ0v) is 6.73. The van der Waals surface area contributed by atoms with Crippen molar-refractivity contribution in [2.75, 3.05) is 5.73 Å². The Morgan fingerprint density at radius 3 is 3.00 bits per heavy atom. The predicted molar refractivity (Wildman–Crippen MR) is 44.9 cm³/mol. The van der Waals surface area contributed by atoms with Crippen LogP contribution in [-0.4, -0.2) is 5.11 Å². The number of thiophene rings is 1. The fourth-order valence-corrected chi connectivity index (χ4v) is 1.94. The molecule has 0 saturated carbocycles. The summed E-state index contributed by atoms with van der Waals surface area (Å²) in [5, 5.41) is 9.71. The van der Waals surface area contributed by atoms with Gasteiger partial charge < -0.3 is 15.3 Å². The lowest BCUT2D eigenvalue weighted by molar-refractivity contribution is 0.346. The van der Waals surface area contributed by atoms with Gasteiger partial charge in [0, 0.05) is 11.6 Å². The molecule has 3 N–H and O–H groups in total. The molecule has 0 unspecified atom stereocenters. The Morgan fingerprint density at radius 1 is 1.64 bits per heavy atom. The van der Waals surface area contributed by atoms with Crippen molar-refractivity contribution in [3.63, 3.8) is 0 Å². The third kappa shape index (κ3) is 0.793. The molecule has 0 radical (unpaired) electrons. The van der Waals surface area contributed by atoms with Crippen LogP contribution in [0.25, 0.3) is 10.3 Å². The van der Waals surface area contributed by atoms with E-state index in [2.05, 4.69) is 0 Å². The van der Waals surface area contributed by atoms with Gasteiger partial charge in [0.25, 0.3) is 5.95 Å².